The molecule has 4 fully saturated rings. The molecule has 0 aromatic heterocycles. The van der Waals surface area contributed by atoms with Gasteiger partial charge in [-0.1, -0.05) is 12.8 Å². The topological polar surface area (TPSA) is 76.1 Å². The minimum Gasteiger partial charge on any atom is -0.393 e. The standard InChI is InChI=1S/C20H34N4O3/c25-18-12-16-7-8-17(13-18)24(16)19(26)21-15-6-5-11-23(14-15)20(27)22-9-3-1-2-4-10-22/h15-18,25H,1-14H2,(H,21,26)/t15-,16-,17+,18+/m0/s1. The molecule has 0 spiro atoms. The summed E-state index contributed by atoms with van der Waals surface area (Å²) in [6.07, 6.45) is 9.65. The van der Waals surface area contributed by atoms with Crippen molar-refractivity contribution in [2.75, 3.05) is 26.2 Å². The zero-order valence-corrected chi connectivity index (χ0v) is 16.3. The third-order valence-corrected chi connectivity index (χ3v) is 6.84. The van der Waals surface area contributed by atoms with Crippen LogP contribution in [0.1, 0.15) is 64.2 Å². The Labute approximate surface area is 162 Å². The van der Waals surface area contributed by atoms with Crippen molar-refractivity contribution in [3.63, 3.8) is 0 Å². The van der Waals surface area contributed by atoms with Crippen molar-refractivity contribution in [1.29, 1.82) is 0 Å². The fourth-order valence-corrected chi connectivity index (χ4v) is 5.46. The molecule has 7 nitrogen and oxygen atoms in total. The lowest BCUT2D eigenvalue weighted by Gasteiger charge is -2.40. The summed E-state index contributed by atoms with van der Waals surface area (Å²) in [6.45, 7) is 3.15. The molecule has 0 saturated carbocycles. The monoisotopic (exact) mass is 378 g/mol. The van der Waals surface area contributed by atoms with Gasteiger partial charge in [0.15, 0.2) is 0 Å². The zero-order valence-electron chi connectivity index (χ0n) is 16.3. The van der Waals surface area contributed by atoms with Crippen molar-refractivity contribution in [1.82, 2.24) is 20.0 Å². The average molecular weight is 379 g/mol. The second-order valence-corrected chi connectivity index (χ2v) is 8.84. The lowest BCUT2D eigenvalue weighted by atomic mass is 10.0. The Hall–Kier alpha value is -1.50. The van der Waals surface area contributed by atoms with Gasteiger partial charge in [-0.15, -0.1) is 0 Å². The first kappa shape index (κ1) is 18.8. The van der Waals surface area contributed by atoms with Crippen molar-refractivity contribution < 1.29 is 14.7 Å². The largest absolute Gasteiger partial charge is 0.393 e. The summed E-state index contributed by atoms with van der Waals surface area (Å²) in [5, 5.41) is 13.1. The average Bonchev–Trinajstić information content (AvgIpc) is 2.84. The van der Waals surface area contributed by atoms with Crippen LogP contribution >= 0.6 is 0 Å². The van der Waals surface area contributed by atoms with Gasteiger partial charge in [0, 0.05) is 44.3 Å². The van der Waals surface area contributed by atoms with E-state index in [-0.39, 0.29) is 36.3 Å². The van der Waals surface area contributed by atoms with Crippen LogP contribution in [0.4, 0.5) is 9.59 Å². The molecule has 0 aromatic carbocycles. The number of hydrogen-bond acceptors (Lipinski definition) is 3. The molecule has 152 valence electrons. The van der Waals surface area contributed by atoms with Gasteiger partial charge in [-0.05, 0) is 51.4 Å². The molecule has 4 atom stereocenters. The fraction of sp³-hybridized carbons (Fsp3) is 0.900. The molecular weight excluding hydrogens is 344 g/mol. The maximum Gasteiger partial charge on any atom is 0.320 e. The normalized spacial score (nSPS) is 34.3. The molecule has 0 aromatic rings. The number of piperidine rings is 2. The van der Waals surface area contributed by atoms with Crippen LogP contribution in [0, 0.1) is 0 Å². The van der Waals surface area contributed by atoms with E-state index in [4.69, 9.17) is 0 Å². The van der Waals surface area contributed by atoms with Gasteiger partial charge < -0.3 is 25.1 Å². The molecule has 27 heavy (non-hydrogen) atoms. The Balaban J connectivity index is 1.32. The molecule has 4 heterocycles. The van der Waals surface area contributed by atoms with Crippen molar-refractivity contribution in [3.8, 4) is 0 Å². The summed E-state index contributed by atoms with van der Waals surface area (Å²) in [5.41, 5.74) is 0. The van der Waals surface area contributed by atoms with E-state index in [9.17, 15) is 14.7 Å². The second-order valence-electron chi connectivity index (χ2n) is 8.84. The van der Waals surface area contributed by atoms with Crippen molar-refractivity contribution in [2.45, 2.75) is 88.4 Å². The summed E-state index contributed by atoms with van der Waals surface area (Å²) in [5.74, 6) is 0. The summed E-state index contributed by atoms with van der Waals surface area (Å²) >= 11 is 0. The predicted molar refractivity (Wildman–Crippen MR) is 102 cm³/mol. The number of rotatable bonds is 1. The number of aliphatic hydroxyl groups is 1. The lowest BCUT2D eigenvalue weighted by Crippen LogP contribution is -2.58. The second kappa shape index (κ2) is 8.25. The quantitative estimate of drug-likeness (QED) is 0.734. The maximum absolute atomic E-state index is 12.9. The first-order valence-corrected chi connectivity index (χ1v) is 10.9. The minimum absolute atomic E-state index is 0.00321. The number of nitrogens with zero attached hydrogens (tertiary/aromatic N) is 3. The highest BCUT2D eigenvalue weighted by atomic mass is 16.3. The highest BCUT2D eigenvalue weighted by molar-refractivity contribution is 5.77. The van der Waals surface area contributed by atoms with Crippen LogP contribution in [0.15, 0.2) is 0 Å². The molecule has 4 rings (SSSR count). The van der Waals surface area contributed by atoms with Crippen LogP contribution < -0.4 is 5.32 Å². The lowest BCUT2D eigenvalue weighted by molar-refractivity contribution is 0.0522. The Morgan fingerprint density at radius 3 is 2.11 bits per heavy atom. The van der Waals surface area contributed by atoms with E-state index >= 15 is 0 Å². The van der Waals surface area contributed by atoms with Gasteiger partial charge in [0.25, 0.3) is 0 Å². The SMILES string of the molecule is O=C(N1CCCCCC1)N1CCC[C@H](NC(=O)N2[C@@H]3CC[C@H]2C[C@@H](O)C3)C1. The zero-order chi connectivity index (χ0) is 18.8. The molecule has 2 bridgehead atoms. The molecule has 0 radical (unpaired) electrons. The number of aliphatic hydroxyl groups excluding tert-OH is 1. The minimum atomic E-state index is -0.261. The van der Waals surface area contributed by atoms with Crippen LogP contribution in [0.3, 0.4) is 0 Å². The molecule has 4 amide bonds. The van der Waals surface area contributed by atoms with E-state index in [1.165, 1.54) is 12.8 Å². The predicted octanol–water partition coefficient (Wildman–Crippen LogP) is 2.14. The van der Waals surface area contributed by atoms with E-state index in [1.807, 2.05) is 14.7 Å². The maximum atomic E-state index is 12.9. The van der Waals surface area contributed by atoms with E-state index in [0.717, 1.165) is 58.2 Å². The molecule has 4 aliphatic rings. The molecule has 7 heteroatoms. The molecule has 0 unspecified atom stereocenters. The number of likely N-dealkylation sites (tertiary alicyclic amines) is 2. The van der Waals surface area contributed by atoms with Crippen LogP contribution in [0.25, 0.3) is 0 Å². The highest BCUT2D eigenvalue weighted by Crippen LogP contribution is 2.35. The van der Waals surface area contributed by atoms with Crippen LogP contribution in [0.2, 0.25) is 0 Å². The smallest absolute Gasteiger partial charge is 0.320 e. The van der Waals surface area contributed by atoms with Gasteiger partial charge in [-0.25, -0.2) is 9.59 Å². The van der Waals surface area contributed by atoms with Crippen molar-refractivity contribution in [2.24, 2.45) is 0 Å². The first-order valence-electron chi connectivity index (χ1n) is 10.9. The van der Waals surface area contributed by atoms with Gasteiger partial charge in [-0.3, -0.25) is 0 Å². The van der Waals surface area contributed by atoms with Gasteiger partial charge in [-0.2, -0.15) is 0 Å². The molecule has 4 aliphatic heterocycles. The summed E-state index contributed by atoms with van der Waals surface area (Å²) in [7, 11) is 0. The molecule has 2 N–H and O–H groups in total. The van der Waals surface area contributed by atoms with Crippen LogP contribution in [-0.4, -0.2) is 82.3 Å². The number of nitrogens with one attached hydrogen (secondary N) is 1. The van der Waals surface area contributed by atoms with Gasteiger partial charge in [0.2, 0.25) is 0 Å². The fourth-order valence-electron chi connectivity index (χ4n) is 5.46. The molecule has 4 saturated heterocycles. The summed E-state index contributed by atoms with van der Waals surface area (Å²) in [4.78, 5) is 31.7. The number of carbonyl (C=O) groups is 2. The Morgan fingerprint density at radius 1 is 0.815 bits per heavy atom. The number of carbonyl (C=O) groups excluding carboxylic acids is 2. The van der Waals surface area contributed by atoms with Crippen molar-refractivity contribution in [3.05, 3.63) is 0 Å². The van der Waals surface area contributed by atoms with Crippen LogP contribution in [-0.2, 0) is 0 Å². The van der Waals surface area contributed by atoms with Crippen LogP contribution in [0.5, 0.6) is 0 Å². The highest BCUT2D eigenvalue weighted by Gasteiger charge is 2.43. The van der Waals surface area contributed by atoms with E-state index in [1.54, 1.807) is 0 Å². The summed E-state index contributed by atoms with van der Waals surface area (Å²) in [6, 6.07) is 0.545. The molecule has 0 aliphatic carbocycles. The Morgan fingerprint density at radius 2 is 1.44 bits per heavy atom. The van der Waals surface area contributed by atoms with Gasteiger partial charge >= 0.3 is 12.1 Å². The Kier molecular flexibility index (Phi) is 5.76. The molecular formula is C20H34N4O3. The van der Waals surface area contributed by atoms with Crippen molar-refractivity contribution >= 4 is 12.1 Å². The Bertz CT molecular complexity index is 535. The van der Waals surface area contributed by atoms with E-state index in [0.29, 0.717) is 19.4 Å². The van der Waals surface area contributed by atoms with Gasteiger partial charge in [0.1, 0.15) is 0 Å². The van der Waals surface area contributed by atoms with E-state index in [2.05, 4.69) is 5.32 Å². The third kappa shape index (κ3) is 4.18. The number of urea groups is 2. The van der Waals surface area contributed by atoms with E-state index < -0.39 is 0 Å². The number of fused-ring (bicyclic) bond motifs is 2. The first-order chi connectivity index (χ1) is 13.1. The van der Waals surface area contributed by atoms with Gasteiger partial charge in [0.05, 0.1) is 6.10 Å². The summed E-state index contributed by atoms with van der Waals surface area (Å²) < 4.78 is 0. The number of hydrogen-bond donors (Lipinski definition) is 2. The third-order valence-electron chi connectivity index (χ3n) is 6.84. The number of amides is 4.